The molecule has 1 aromatic heterocycles. The molecule has 4 fully saturated rings. The Kier molecular flexibility index (Phi) is 10.6. The standard InChI is InChI=1S/C50H58F2N8O6/c1-25(2)40(56-47(63)65-6)45(61)59-24-49(16-17-49)22-39(59)43-53-23-37(54-43)29-10-14-33-32-13-9-27(19-34(32)50(51,52)35(33)20-29)28-11-15-38-36(21-28)55-44(58(38)5)42-30-8-12-31(18-30)60(42)46(62)41(26(3)4)57-48(64)66-7/h9-11,13-15,19-21,23,25-26,30-31,39-42,44,55H,8,12,16-18,22,24H2,1-7H3,(H,53,54)(H,56,63)(H,57,64)/t30-,31+,39-,40+,41+,42-,44?/m0/s1. The van der Waals surface area contributed by atoms with Gasteiger partial charge in [-0.15, -0.1) is 0 Å². The first kappa shape index (κ1) is 43.7. The van der Waals surface area contributed by atoms with Gasteiger partial charge in [0.15, 0.2) is 0 Å². The maximum absolute atomic E-state index is 16.7. The summed E-state index contributed by atoms with van der Waals surface area (Å²) in [5.74, 6) is -3.04. The number of benzene rings is 3. The van der Waals surface area contributed by atoms with E-state index in [0.717, 1.165) is 55.5 Å². The molecule has 66 heavy (non-hydrogen) atoms. The Morgan fingerprint density at radius 1 is 0.818 bits per heavy atom. The van der Waals surface area contributed by atoms with Crippen molar-refractivity contribution in [3.8, 4) is 33.5 Å². The van der Waals surface area contributed by atoms with Crippen LogP contribution in [0, 0.1) is 23.2 Å². The van der Waals surface area contributed by atoms with Crippen LogP contribution in [0.25, 0.3) is 33.5 Å². The van der Waals surface area contributed by atoms with Crippen LogP contribution in [0.5, 0.6) is 0 Å². The maximum atomic E-state index is 16.7. The van der Waals surface area contributed by atoms with Crippen molar-refractivity contribution < 1.29 is 37.4 Å². The molecule has 348 valence electrons. The highest BCUT2D eigenvalue weighted by molar-refractivity contribution is 5.90. The Morgan fingerprint density at radius 2 is 1.42 bits per heavy atom. The fourth-order valence-corrected chi connectivity index (χ4v) is 11.7. The quantitative estimate of drug-likeness (QED) is 0.123. The first-order valence-corrected chi connectivity index (χ1v) is 23.2. The molecule has 1 unspecified atom stereocenters. The number of likely N-dealkylation sites (N-methyl/N-ethyl adjacent to an activating group) is 1. The van der Waals surface area contributed by atoms with Gasteiger partial charge in [-0.25, -0.2) is 14.6 Å². The minimum atomic E-state index is -3.28. The van der Waals surface area contributed by atoms with Crippen LogP contribution in [-0.2, 0) is 25.0 Å². The highest BCUT2D eigenvalue weighted by Crippen LogP contribution is 2.59. The molecule has 4 amide bonds. The number of nitrogens with zero attached hydrogens (tertiary/aromatic N) is 4. The maximum Gasteiger partial charge on any atom is 0.407 e. The molecular formula is C50H58F2N8O6. The molecule has 10 rings (SSSR count). The van der Waals surface area contributed by atoms with E-state index in [4.69, 9.17) is 14.5 Å². The largest absolute Gasteiger partial charge is 0.453 e. The summed E-state index contributed by atoms with van der Waals surface area (Å²) in [4.78, 5) is 66.7. The molecule has 1 spiro atoms. The summed E-state index contributed by atoms with van der Waals surface area (Å²) in [7, 11) is 4.57. The third-order valence-electron chi connectivity index (χ3n) is 15.4. The van der Waals surface area contributed by atoms with Gasteiger partial charge in [0.25, 0.3) is 5.92 Å². The minimum Gasteiger partial charge on any atom is -0.453 e. The number of anilines is 2. The molecule has 0 radical (unpaired) electrons. The second kappa shape index (κ2) is 16.0. The summed E-state index contributed by atoms with van der Waals surface area (Å²) in [6.07, 6.45) is 5.69. The molecular weight excluding hydrogens is 847 g/mol. The van der Waals surface area contributed by atoms with E-state index in [1.165, 1.54) is 20.3 Å². The Bertz CT molecular complexity index is 2630. The van der Waals surface area contributed by atoms with Crippen molar-refractivity contribution in [1.82, 2.24) is 30.4 Å². The first-order chi connectivity index (χ1) is 31.5. The van der Waals surface area contributed by atoms with Crippen LogP contribution in [0.4, 0.5) is 29.7 Å². The second-order valence-corrected chi connectivity index (χ2v) is 20.1. The normalized spacial score (nSPS) is 24.5. The van der Waals surface area contributed by atoms with Crippen molar-refractivity contribution in [1.29, 1.82) is 0 Å². The second-order valence-electron chi connectivity index (χ2n) is 20.1. The van der Waals surface area contributed by atoms with E-state index in [1.807, 2.05) is 70.0 Å². The number of fused-ring (bicyclic) bond motifs is 6. The van der Waals surface area contributed by atoms with E-state index in [2.05, 4.69) is 25.8 Å². The number of carbonyl (C=O) groups is 4. The van der Waals surface area contributed by atoms with Crippen molar-refractivity contribution in [3.63, 3.8) is 0 Å². The van der Waals surface area contributed by atoms with Crippen molar-refractivity contribution in [2.24, 2.45) is 23.2 Å². The van der Waals surface area contributed by atoms with Gasteiger partial charge in [-0.2, -0.15) is 8.78 Å². The van der Waals surface area contributed by atoms with Crippen LogP contribution in [0.1, 0.15) is 89.2 Å². The van der Waals surface area contributed by atoms with Gasteiger partial charge in [-0.3, -0.25) is 9.59 Å². The average Bonchev–Trinajstić information content (AvgIpc) is 3.92. The molecule has 2 saturated heterocycles. The van der Waals surface area contributed by atoms with Crippen LogP contribution in [0.3, 0.4) is 0 Å². The van der Waals surface area contributed by atoms with E-state index in [1.54, 1.807) is 29.3 Å². The van der Waals surface area contributed by atoms with Crippen LogP contribution < -0.4 is 20.9 Å². The summed E-state index contributed by atoms with van der Waals surface area (Å²) >= 11 is 0. The van der Waals surface area contributed by atoms with Gasteiger partial charge in [0.05, 0.1) is 49.6 Å². The fraction of sp³-hybridized carbons (Fsp3) is 0.500. The zero-order valence-electron chi connectivity index (χ0n) is 38.4. The first-order valence-electron chi connectivity index (χ1n) is 23.2. The third-order valence-corrected chi connectivity index (χ3v) is 15.4. The van der Waals surface area contributed by atoms with Gasteiger partial charge < -0.3 is 45.1 Å². The number of ether oxygens (including phenoxy) is 2. The van der Waals surface area contributed by atoms with E-state index in [-0.39, 0.29) is 64.5 Å². The number of alkyl halides is 2. The number of methoxy groups -OCH3 is 2. The predicted molar refractivity (Wildman–Crippen MR) is 245 cm³/mol. The highest BCUT2D eigenvalue weighted by atomic mass is 19.3. The number of amides is 4. The number of aromatic amines is 1. The number of H-pyrrole nitrogens is 1. The average molecular weight is 905 g/mol. The SMILES string of the molecule is COC(=O)N[C@@H](C(=O)N1CC2(CC2)C[C@H]1c1ncc(-c2ccc3c(c2)C(F)(F)c2cc(-c4ccc5c(c4)NC([C@@H]4[C@H]6CC[C@H](C6)N4C(=O)[C@H](NC(=O)OC)C(C)C)N5C)ccc2-3)[nH]1)C(C)C. The molecule has 7 atom stereocenters. The van der Waals surface area contributed by atoms with Gasteiger partial charge in [0, 0.05) is 36.3 Å². The zero-order chi connectivity index (χ0) is 46.6. The van der Waals surface area contributed by atoms with Crippen molar-refractivity contribution in [3.05, 3.63) is 77.7 Å². The van der Waals surface area contributed by atoms with Crippen molar-refractivity contribution in [2.75, 3.05) is 38.0 Å². The number of alkyl carbamates (subject to hydrolysis) is 2. The molecule has 16 heteroatoms. The van der Waals surface area contributed by atoms with E-state index >= 15 is 8.78 Å². The number of aromatic nitrogens is 2. The molecule has 3 aliphatic carbocycles. The van der Waals surface area contributed by atoms with Gasteiger partial charge in [-0.05, 0) is 108 Å². The molecule has 3 aliphatic heterocycles. The molecule has 4 N–H and O–H groups in total. The number of halogens is 2. The van der Waals surface area contributed by atoms with Crippen molar-refractivity contribution >= 4 is 35.4 Å². The molecule has 2 bridgehead atoms. The molecule has 3 aromatic carbocycles. The van der Waals surface area contributed by atoms with E-state index in [0.29, 0.717) is 46.2 Å². The van der Waals surface area contributed by atoms with Crippen LogP contribution >= 0.6 is 0 Å². The zero-order valence-corrected chi connectivity index (χ0v) is 38.4. The number of hydrogen-bond acceptors (Lipinski definition) is 9. The Labute approximate surface area is 383 Å². The Balaban J connectivity index is 0.879. The number of carbonyl (C=O) groups excluding carboxylic acids is 4. The lowest BCUT2D eigenvalue weighted by atomic mass is 9.93. The number of imidazole rings is 1. The van der Waals surface area contributed by atoms with Gasteiger partial charge in [0.2, 0.25) is 11.8 Å². The lowest BCUT2D eigenvalue weighted by Crippen LogP contribution is -2.61. The topological polar surface area (TPSA) is 161 Å². The number of piperidine rings is 1. The predicted octanol–water partition coefficient (Wildman–Crippen LogP) is 8.25. The summed E-state index contributed by atoms with van der Waals surface area (Å²) in [6, 6.07) is 14.4. The lowest BCUT2D eigenvalue weighted by Gasteiger charge is -2.43. The van der Waals surface area contributed by atoms with Gasteiger partial charge >= 0.3 is 12.2 Å². The van der Waals surface area contributed by atoms with Gasteiger partial charge in [0.1, 0.15) is 24.1 Å². The van der Waals surface area contributed by atoms with E-state index in [9.17, 15) is 19.2 Å². The summed E-state index contributed by atoms with van der Waals surface area (Å²) < 4.78 is 43.1. The monoisotopic (exact) mass is 904 g/mol. The third kappa shape index (κ3) is 7.13. The number of hydrogen-bond donors (Lipinski definition) is 4. The molecule has 2 saturated carbocycles. The number of nitrogens with one attached hydrogen (secondary N) is 4. The van der Waals surface area contributed by atoms with Crippen LogP contribution in [0.15, 0.2) is 60.8 Å². The number of rotatable bonds is 10. The van der Waals surface area contributed by atoms with Crippen LogP contribution in [-0.4, -0.2) is 102 Å². The summed E-state index contributed by atoms with van der Waals surface area (Å²) in [6.45, 7) is 8.14. The molecule has 6 aliphatic rings. The molecule has 14 nitrogen and oxygen atoms in total. The highest BCUT2D eigenvalue weighted by Gasteiger charge is 2.56. The molecule has 4 heterocycles. The van der Waals surface area contributed by atoms with E-state index < -0.39 is 30.2 Å². The Morgan fingerprint density at radius 3 is 2.06 bits per heavy atom. The minimum absolute atomic E-state index is 0.0122. The van der Waals surface area contributed by atoms with Crippen LogP contribution in [0.2, 0.25) is 0 Å². The molecule has 4 aromatic rings. The number of likely N-dealkylation sites (tertiary alicyclic amines) is 2. The Hall–Kier alpha value is -6.19. The smallest absolute Gasteiger partial charge is 0.407 e. The fourth-order valence-electron chi connectivity index (χ4n) is 11.7. The van der Waals surface area contributed by atoms with Crippen molar-refractivity contribution in [2.45, 2.75) is 109 Å². The summed E-state index contributed by atoms with van der Waals surface area (Å²) in [5, 5.41) is 9.18. The van der Waals surface area contributed by atoms with Gasteiger partial charge in [-0.1, -0.05) is 58.0 Å². The summed E-state index contributed by atoms with van der Waals surface area (Å²) in [5.41, 5.74) is 5.20. The lowest BCUT2D eigenvalue weighted by molar-refractivity contribution is -0.139.